The molecule has 158 valence electrons. The van der Waals surface area contributed by atoms with Crippen molar-refractivity contribution in [2.24, 2.45) is 4.40 Å². The molecule has 0 aromatic heterocycles. The standard InChI is InChI=1S/C19H18ClFN4O4S/c20-16-12-13(21)3-4-14(16)18(26)24-6-8-25(9-7-24)19(27)15-2-1-5-23-10-11-30(28,29)22-17(15)23/h1-5,12H,6-11H2. The molecule has 8 nitrogen and oxygen atoms in total. The molecule has 0 saturated carbocycles. The van der Waals surface area contributed by atoms with E-state index in [0.717, 1.165) is 6.07 Å². The van der Waals surface area contributed by atoms with Crippen LogP contribution in [0.15, 0.2) is 46.5 Å². The summed E-state index contributed by atoms with van der Waals surface area (Å²) in [6, 6.07) is 3.60. The van der Waals surface area contributed by atoms with Crippen molar-refractivity contribution in [2.45, 2.75) is 0 Å². The highest BCUT2D eigenvalue weighted by atomic mass is 35.5. The van der Waals surface area contributed by atoms with Crippen LogP contribution < -0.4 is 0 Å². The lowest BCUT2D eigenvalue weighted by Gasteiger charge is -2.36. The number of sulfonamides is 1. The third-order valence-corrected chi connectivity index (χ3v) is 6.57. The lowest BCUT2D eigenvalue weighted by Crippen LogP contribution is -2.52. The van der Waals surface area contributed by atoms with Crippen molar-refractivity contribution >= 4 is 39.3 Å². The fourth-order valence-corrected chi connectivity index (χ4v) is 4.73. The van der Waals surface area contributed by atoms with Crippen molar-refractivity contribution in [1.29, 1.82) is 0 Å². The Morgan fingerprint density at radius 3 is 2.37 bits per heavy atom. The Morgan fingerprint density at radius 2 is 1.70 bits per heavy atom. The molecule has 0 radical (unpaired) electrons. The average molecular weight is 453 g/mol. The van der Waals surface area contributed by atoms with Gasteiger partial charge < -0.3 is 14.7 Å². The summed E-state index contributed by atoms with van der Waals surface area (Å²) in [5, 5.41) is 0.0364. The highest BCUT2D eigenvalue weighted by Gasteiger charge is 2.34. The average Bonchev–Trinajstić information content (AvgIpc) is 2.72. The molecule has 0 atom stereocenters. The molecular weight excluding hydrogens is 435 g/mol. The molecular formula is C19H18ClFN4O4S. The fraction of sp³-hybridized carbons (Fsp3) is 0.316. The molecule has 0 unspecified atom stereocenters. The fourth-order valence-electron chi connectivity index (χ4n) is 3.50. The first-order valence-corrected chi connectivity index (χ1v) is 11.3. The summed E-state index contributed by atoms with van der Waals surface area (Å²) in [6.45, 7) is 1.32. The molecule has 1 aromatic carbocycles. The van der Waals surface area contributed by atoms with E-state index in [1.165, 1.54) is 12.1 Å². The number of piperazine rings is 1. The lowest BCUT2D eigenvalue weighted by atomic mass is 10.1. The zero-order valence-electron chi connectivity index (χ0n) is 15.8. The van der Waals surface area contributed by atoms with Gasteiger partial charge in [0.1, 0.15) is 5.82 Å². The summed E-state index contributed by atoms with van der Waals surface area (Å²) in [4.78, 5) is 30.4. The minimum atomic E-state index is -3.60. The maximum Gasteiger partial charge on any atom is 0.257 e. The number of allylic oxidation sites excluding steroid dienone is 2. The number of benzene rings is 1. The van der Waals surface area contributed by atoms with Gasteiger partial charge in [-0.2, -0.15) is 0 Å². The van der Waals surface area contributed by atoms with Gasteiger partial charge in [-0.15, -0.1) is 4.40 Å². The molecule has 11 heteroatoms. The Kier molecular flexibility index (Phi) is 5.37. The van der Waals surface area contributed by atoms with Crippen molar-refractivity contribution in [3.63, 3.8) is 0 Å². The first kappa shape index (κ1) is 20.5. The van der Waals surface area contributed by atoms with Gasteiger partial charge in [-0.25, -0.2) is 12.8 Å². The number of carbonyl (C=O) groups excluding carboxylic acids is 2. The zero-order chi connectivity index (χ0) is 21.5. The van der Waals surface area contributed by atoms with Gasteiger partial charge in [0.05, 0.1) is 21.9 Å². The van der Waals surface area contributed by atoms with E-state index in [1.54, 1.807) is 33.1 Å². The van der Waals surface area contributed by atoms with E-state index in [1.807, 2.05) is 0 Å². The van der Waals surface area contributed by atoms with E-state index in [9.17, 15) is 22.4 Å². The van der Waals surface area contributed by atoms with Crippen LogP contribution in [0, 0.1) is 5.82 Å². The highest BCUT2D eigenvalue weighted by molar-refractivity contribution is 7.90. The summed E-state index contributed by atoms with van der Waals surface area (Å²) in [5.41, 5.74) is 0.414. The number of hydrogen-bond donors (Lipinski definition) is 0. The SMILES string of the molecule is O=C(C1=CC=CN2CCS(=O)(=O)N=C12)N1CCN(C(=O)c2ccc(F)cc2Cl)CC1. The molecule has 1 saturated heterocycles. The van der Waals surface area contributed by atoms with E-state index in [0.29, 0.717) is 0 Å². The molecule has 0 aliphatic carbocycles. The smallest absolute Gasteiger partial charge is 0.257 e. The summed E-state index contributed by atoms with van der Waals surface area (Å²) >= 11 is 5.98. The third-order valence-electron chi connectivity index (χ3n) is 5.10. The van der Waals surface area contributed by atoms with Crippen molar-refractivity contribution < 1.29 is 22.4 Å². The van der Waals surface area contributed by atoms with Crippen LogP contribution in [0.3, 0.4) is 0 Å². The second-order valence-corrected chi connectivity index (χ2v) is 9.19. The largest absolute Gasteiger partial charge is 0.335 e. The molecule has 0 N–H and O–H groups in total. The van der Waals surface area contributed by atoms with Crippen LogP contribution in [0.4, 0.5) is 4.39 Å². The minimum Gasteiger partial charge on any atom is -0.335 e. The number of amides is 2. The topological polar surface area (TPSA) is 90.4 Å². The normalized spacial score (nSPS) is 20.4. The summed E-state index contributed by atoms with van der Waals surface area (Å²) < 4.78 is 40.8. The molecule has 0 bridgehead atoms. The van der Waals surface area contributed by atoms with Crippen LogP contribution in [-0.2, 0) is 14.8 Å². The molecule has 4 rings (SSSR count). The van der Waals surface area contributed by atoms with Crippen molar-refractivity contribution in [1.82, 2.24) is 14.7 Å². The van der Waals surface area contributed by atoms with Gasteiger partial charge in [0, 0.05) is 38.9 Å². The molecule has 0 spiro atoms. The van der Waals surface area contributed by atoms with E-state index in [-0.39, 0.29) is 72.3 Å². The van der Waals surface area contributed by atoms with Crippen molar-refractivity contribution in [3.8, 4) is 0 Å². The van der Waals surface area contributed by atoms with E-state index < -0.39 is 15.8 Å². The summed E-state index contributed by atoms with van der Waals surface area (Å²) in [6.07, 6.45) is 4.92. The van der Waals surface area contributed by atoms with Crippen LogP contribution in [0.5, 0.6) is 0 Å². The summed E-state index contributed by atoms with van der Waals surface area (Å²) in [7, 11) is -3.60. The quantitative estimate of drug-likeness (QED) is 0.674. The Balaban J connectivity index is 1.46. The van der Waals surface area contributed by atoms with Crippen LogP contribution in [-0.4, -0.2) is 79.2 Å². The first-order chi connectivity index (χ1) is 14.2. The summed E-state index contributed by atoms with van der Waals surface area (Å²) in [5.74, 6) is -1.17. The molecule has 3 aliphatic rings. The van der Waals surface area contributed by atoms with Gasteiger partial charge in [0.2, 0.25) is 0 Å². The maximum absolute atomic E-state index is 13.2. The Morgan fingerprint density at radius 1 is 1.03 bits per heavy atom. The number of hydrogen-bond acceptors (Lipinski definition) is 5. The number of halogens is 2. The maximum atomic E-state index is 13.2. The molecule has 1 fully saturated rings. The van der Waals surface area contributed by atoms with E-state index >= 15 is 0 Å². The molecule has 1 aromatic rings. The van der Waals surface area contributed by atoms with Gasteiger partial charge in [0.25, 0.3) is 21.8 Å². The van der Waals surface area contributed by atoms with Crippen LogP contribution in [0.1, 0.15) is 10.4 Å². The predicted molar refractivity (Wildman–Crippen MR) is 109 cm³/mol. The van der Waals surface area contributed by atoms with Gasteiger partial charge in [-0.05, 0) is 30.4 Å². The number of carbonyl (C=O) groups is 2. The predicted octanol–water partition coefficient (Wildman–Crippen LogP) is 1.26. The van der Waals surface area contributed by atoms with Crippen molar-refractivity contribution in [3.05, 3.63) is 58.5 Å². The molecule has 30 heavy (non-hydrogen) atoms. The Labute approximate surface area is 178 Å². The number of amidine groups is 1. The van der Waals surface area contributed by atoms with Crippen LogP contribution >= 0.6 is 11.6 Å². The monoisotopic (exact) mass is 452 g/mol. The molecule has 3 heterocycles. The number of rotatable bonds is 2. The van der Waals surface area contributed by atoms with Crippen LogP contribution in [0.2, 0.25) is 5.02 Å². The molecule has 3 aliphatic heterocycles. The second-order valence-electron chi connectivity index (χ2n) is 7.02. The zero-order valence-corrected chi connectivity index (χ0v) is 17.4. The van der Waals surface area contributed by atoms with Gasteiger partial charge in [0.15, 0.2) is 5.84 Å². The number of fused-ring (bicyclic) bond motifs is 1. The van der Waals surface area contributed by atoms with Crippen LogP contribution in [0.25, 0.3) is 0 Å². The third kappa shape index (κ3) is 3.97. The van der Waals surface area contributed by atoms with Gasteiger partial charge >= 0.3 is 0 Å². The lowest BCUT2D eigenvalue weighted by molar-refractivity contribution is -0.128. The van der Waals surface area contributed by atoms with Gasteiger partial charge in [-0.1, -0.05) is 11.6 Å². The molecule has 2 amide bonds. The van der Waals surface area contributed by atoms with Gasteiger partial charge in [-0.3, -0.25) is 9.59 Å². The second kappa shape index (κ2) is 7.84. The van der Waals surface area contributed by atoms with Crippen molar-refractivity contribution in [2.75, 3.05) is 38.5 Å². The van der Waals surface area contributed by atoms with E-state index in [4.69, 9.17) is 11.6 Å². The first-order valence-electron chi connectivity index (χ1n) is 9.27. The Hall–Kier alpha value is -2.72. The highest BCUT2D eigenvalue weighted by Crippen LogP contribution is 2.22. The Bertz CT molecular complexity index is 1110. The number of nitrogens with zero attached hydrogens (tertiary/aromatic N) is 4. The minimum absolute atomic E-state index is 0.0364. The van der Waals surface area contributed by atoms with E-state index in [2.05, 4.69) is 4.40 Å².